The van der Waals surface area contributed by atoms with Gasteiger partial charge in [-0.05, 0) is 60.6 Å². The highest BCUT2D eigenvalue weighted by Gasteiger charge is 2.55. The summed E-state index contributed by atoms with van der Waals surface area (Å²) in [5, 5.41) is 0.556. The summed E-state index contributed by atoms with van der Waals surface area (Å²) in [7, 11) is 1.59. The molecule has 0 radical (unpaired) electrons. The number of rotatable bonds is 4. The van der Waals surface area contributed by atoms with E-state index in [2.05, 4.69) is 6.07 Å². The van der Waals surface area contributed by atoms with Crippen LogP contribution in [0.1, 0.15) is 43.7 Å². The third kappa shape index (κ3) is 2.96. The maximum atomic E-state index is 13.1. The number of benzene rings is 2. The lowest BCUT2D eigenvalue weighted by Crippen LogP contribution is -2.49. The fourth-order valence-corrected chi connectivity index (χ4v) is 4.54. The number of ether oxygens (including phenoxy) is 2. The van der Waals surface area contributed by atoms with E-state index < -0.39 is 17.6 Å². The Morgan fingerprint density at radius 3 is 2.61 bits per heavy atom. The van der Waals surface area contributed by atoms with Gasteiger partial charge in [0.05, 0.1) is 12.1 Å². The third-order valence-corrected chi connectivity index (χ3v) is 6.30. The fourth-order valence-electron chi connectivity index (χ4n) is 4.35. The minimum atomic E-state index is -0.837. The summed E-state index contributed by atoms with van der Waals surface area (Å²) in [6.45, 7) is 3.85. The predicted octanol–water partition coefficient (Wildman–Crippen LogP) is 4.75. The molecule has 0 amide bonds. The van der Waals surface area contributed by atoms with Gasteiger partial charge < -0.3 is 9.47 Å². The maximum absolute atomic E-state index is 13.1. The van der Waals surface area contributed by atoms with E-state index in [0.717, 1.165) is 28.7 Å². The van der Waals surface area contributed by atoms with Gasteiger partial charge in [-0.25, -0.2) is 0 Å². The molecule has 4 rings (SSSR count). The molecule has 2 aromatic carbocycles. The van der Waals surface area contributed by atoms with Crippen LogP contribution in [-0.4, -0.2) is 30.4 Å². The molecule has 3 atom stereocenters. The van der Waals surface area contributed by atoms with Gasteiger partial charge in [0.1, 0.15) is 23.4 Å². The summed E-state index contributed by atoms with van der Waals surface area (Å²) < 4.78 is 11.1. The SMILES string of the molecule is CCc1cc(-c2ccc(Cl)c(OC)c2)ccc1C1C(=O)[C@@H]2CC[C@@](C)(O2)C1=O. The Kier molecular flexibility index (Phi) is 4.80. The molecule has 0 saturated carbocycles. The molecule has 2 bridgehead atoms. The van der Waals surface area contributed by atoms with Crippen molar-refractivity contribution in [3.8, 4) is 16.9 Å². The number of hydrogen-bond acceptors (Lipinski definition) is 4. The van der Waals surface area contributed by atoms with Gasteiger partial charge in [-0.3, -0.25) is 9.59 Å². The second-order valence-corrected chi connectivity index (χ2v) is 8.10. The van der Waals surface area contributed by atoms with E-state index in [9.17, 15) is 9.59 Å². The van der Waals surface area contributed by atoms with E-state index in [0.29, 0.717) is 23.6 Å². The summed E-state index contributed by atoms with van der Waals surface area (Å²) in [5.74, 6) is -0.326. The molecule has 5 heteroatoms. The van der Waals surface area contributed by atoms with E-state index in [4.69, 9.17) is 21.1 Å². The van der Waals surface area contributed by atoms with Crippen LogP contribution in [0.5, 0.6) is 5.75 Å². The monoisotopic (exact) mass is 398 g/mol. The molecule has 2 aliphatic heterocycles. The van der Waals surface area contributed by atoms with Crippen LogP contribution < -0.4 is 4.74 Å². The van der Waals surface area contributed by atoms with Gasteiger partial charge in [-0.15, -0.1) is 0 Å². The molecule has 2 aliphatic rings. The average molecular weight is 399 g/mol. The van der Waals surface area contributed by atoms with Gasteiger partial charge in [-0.1, -0.05) is 42.8 Å². The lowest BCUT2D eigenvalue weighted by molar-refractivity contribution is -0.160. The van der Waals surface area contributed by atoms with E-state index in [1.807, 2.05) is 38.1 Å². The molecule has 0 aliphatic carbocycles. The molecule has 0 aromatic heterocycles. The second-order valence-electron chi connectivity index (χ2n) is 7.69. The van der Waals surface area contributed by atoms with Crippen LogP contribution in [0.15, 0.2) is 36.4 Å². The van der Waals surface area contributed by atoms with Crippen molar-refractivity contribution in [3.05, 3.63) is 52.5 Å². The fraction of sp³-hybridized carbons (Fsp3) is 0.391. The van der Waals surface area contributed by atoms with Crippen molar-refractivity contribution < 1.29 is 19.1 Å². The molecule has 0 N–H and O–H groups in total. The van der Waals surface area contributed by atoms with Crippen LogP contribution in [0, 0.1) is 0 Å². The zero-order chi connectivity index (χ0) is 20.1. The normalized spacial score (nSPS) is 26.6. The van der Waals surface area contributed by atoms with Crippen LogP contribution in [0.25, 0.3) is 11.1 Å². The minimum absolute atomic E-state index is 0.101. The molecule has 1 unspecified atom stereocenters. The minimum Gasteiger partial charge on any atom is -0.495 e. The third-order valence-electron chi connectivity index (χ3n) is 5.99. The summed E-state index contributed by atoms with van der Waals surface area (Å²) in [4.78, 5) is 26.0. The number of fused-ring (bicyclic) bond motifs is 2. The first-order chi connectivity index (χ1) is 13.4. The summed E-state index contributed by atoms with van der Waals surface area (Å²) >= 11 is 6.14. The topological polar surface area (TPSA) is 52.6 Å². The Hall–Kier alpha value is -2.17. The number of hydrogen-bond donors (Lipinski definition) is 0. The maximum Gasteiger partial charge on any atom is 0.179 e. The van der Waals surface area contributed by atoms with Crippen LogP contribution in [0.4, 0.5) is 0 Å². The largest absolute Gasteiger partial charge is 0.495 e. The number of halogens is 1. The predicted molar refractivity (Wildman–Crippen MR) is 108 cm³/mol. The molecule has 4 nitrogen and oxygen atoms in total. The lowest BCUT2D eigenvalue weighted by atomic mass is 9.78. The summed E-state index contributed by atoms with van der Waals surface area (Å²) in [5.41, 5.74) is 2.94. The van der Waals surface area contributed by atoms with Gasteiger partial charge in [0.15, 0.2) is 11.6 Å². The van der Waals surface area contributed by atoms with Crippen molar-refractivity contribution >= 4 is 23.2 Å². The van der Waals surface area contributed by atoms with Crippen LogP contribution in [0.2, 0.25) is 5.02 Å². The number of methoxy groups -OCH3 is 1. The molecular weight excluding hydrogens is 376 g/mol. The van der Waals surface area contributed by atoms with Crippen molar-refractivity contribution in [2.75, 3.05) is 7.11 Å². The number of aryl methyl sites for hydroxylation is 1. The highest BCUT2D eigenvalue weighted by molar-refractivity contribution is 6.32. The highest BCUT2D eigenvalue weighted by Crippen LogP contribution is 2.44. The van der Waals surface area contributed by atoms with Crippen LogP contribution in [-0.2, 0) is 20.7 Å². The molecule has 2 aromatic rings. The first-order valence-corrected chi connectivity index (χ1v) is 9.98. The van der Waals surface area contributed by atoms with Gasteiger partial charge in [0.25, 0.3) is 0 Å². The standard InChI is InChI=1S/C23H23ClO4/c1-4-13-11-14(15-6-8-17(24)19(12-15)27-3)5-7-16(13)20-21(25)18-9-10-23(2,28-18)22(20)26/h5-8,11-12,18,20H,4,9-10H2,1-3H3/t18-,20?,23+/m0/s1. The lowest BCUT2D eigenvalue weighted by Gasteiger charge is -2.34. The zero-order valence-electron chi connectivity index (χ0n) is 16.3. The van der Waals surface area contributed by atoms with E-state index in [-0.39, 0.29) is 11.6 Å². The van der Waals surface area contributed by atoms with E-state index >= 15 is 0 Å². The van der Waals surface area contributed by atoms with Gasteiger partial charge in [0.2, 0.25) is 0 Å². The molecular formula is C23H23ClO4. The van der Waals surface area contributed by atoms with Crippen LogP contribution in [0.3, 0.4) is 0 Å². The van der Waals surface area contributed by atoms with Gasteiger partial charge in [-0.2, -0.15) is 0 Å². The van der Waals surface area contributed by atoms with E-state index in [1.54, 1.807) is 13.2 Å². The van der Waals surface area contributed by atoms with Crippen molar-refractivity contribution in [2.45, 2.75) is 50.7 Å². The van der Waals surface area contributed by atoms with Crippen molar-refractivity contribution in [3.63, 3.8) is 0 Å². The summed E-state index contributed by atoms with van der Waals surface area (Å²) in [6, 6.07) is 11.6. The Morgan fingerprint density at radius 2 is 1.89 bits per heavy atom. The molecule has 2 fully saturated rings. The Morgan fingerprint density at radius 1 is 1.18 bits per heavy atom. The number of carbonyl (C=O) groups excluding carboxylic acids is 2. The van der Waals surface area contributed by atoms with Gasteiger partial charge >= 0.3 is 0 Å². The first kappa shape index (κ1) is 19.2. The smallest absolute Gasteiger partial charge is 0.179 e. The molecule has 2 heterocycles. The highest BCUT2D eigenvalue weighted by atomic mass is 35.5. The first-order valence-electron chi connectivity index (χ1n) is 9.60. The number of carbonyl (C=O) groups is 2. The van der Waals surface area contributed by atoms with Crippen molar-refractivity contribution in [1.29, 1.82) is 0 Å². The van der Waals surface area contributed by atoms with E-state index in [1.165, 1.54) is 0 Å². The molecule has 28 heavy (non-hydrogen) atoms. The van der Waals surface area contributed by atoms with Crippen LogP contribution >= 0.6 is 11.6 Å². The number of Topliss-reactive ketones (excluding diaryl/α,β-unsaturated/α-hetero) is 2. The molecule has 2 saturated heterocycles. The van der Waals surface area contributed by atoms with Crippen molar-refractivity contribution in [1.82, 2.24) is 0 Å². The summed E-state index contributed by atoms with van der Waals surface area (Å²) in [6.07, 6.45) is 1.51. The number of ketones is 2. The molecule has 146 valence electrons. The Balaban J connectivity index is 1.76. The Bertz CT molecular complexity index is 967. The van der Waals surface area contributed by atoms with Crippen molar-refractivity contribution in [2.24, 2.45) is 0 Å². The quantitative estimate of drug-likeness (QED) is 0.697. The molecule has 0 spiro atoms. The zero-order valence-corrected chi connectivity index (χ0v) is 17.0. The Labute approximate surface area is 169 Å². The van der Waals surface area contributed by atoms with Gasteiger partial charge in [0, 0.05) is 0 Å². The second kappa shape index (κ2) is 7.02. The average Bonchev–Trinajstić information content (AvgIpc) is 3.08.